The molecule has 2 N–H and O–H groups in total. The van der Waals surface area contributed by atoms with E-state index in [0.29, 0.717) is 23.9 Å². The average Bonchev–Trinajstić information content (AvgIpc) is 2.28. The minimum absolute atomic E-state index is 0.0480. The van der Waals surface area contributed by atoms with Crippen molar-refractivity contribution in [2.24, 2.45) is 0 Å². The largest absolute Gasteiger partial charge is 0.366 e. The van der Waals surface area contributed by atoms with Gasteiger partial charge in [-0.05, 0) is 25.8 Å². The molecule has 0 bridgehead atoms. The number of aromatic nitrogens is 2. The Hall–Kier alpha value is -1.37. The summed E-state index contributed by atoms with van der Waals surface area (Å²) in [5.74, 6) is 1.72. The molecule has 0 aromatic carbocycles. The van der Waals surface area contributed by atoms with Crippen LogP contribution in [0.15, 0.2) is 12.3 Å². The molecule has 7 heteroatoms. The molecule has 18 heavy (non-hydrogen) atoms. The maximum Gasteiger partial charge on any atom is 0.224 e. The Labute approximate surface area is 107 Å². The van der Waals surface area contributed by atoms with Crippen LogP contribution in [-0.4, -0.2) is 42.5 Å². The van der Waals surface area contributed by atoms with E-state index in [9.17, 15) is 8.42 Å². The van der Waals surface area contributed by atoms with Gasteiger partial charge in [0.1, 0.15) is 5.82 Å². The van der Waals surface area contributed by atoms with Gasteiger partial charge in [0.05, 0.1) is 11.5 Å². The molecule has 1 aliphatic heterocycles. The van der Waals surface area contributed by atoms with E-state index < -0.39 is 9.84 Å². The van der Waals surface area contributed by atoms with E-state index in [-0.39, 0.29) is 11.8 Å². The van der Waals surface area contributed by atoms with Crippen LogP contribution < -0.4 is 10.6 Å². The number of hydrogen-bond acceptors (Lipinski definition) is 6. The second kappa shape index (κ2) is 5.51. The molecule has 2 heterocycles. The van der Waals surface area contributed by atoms with E-state index >= 15 is 0 Å². The van der Waals surface area contributed by atoms with E-state index in [0.717, 1.165) is 13.0 Å². The molecule has 1 fully saturated rings. The molecule has 0 spiro atoms. The summed E-state index contributed by atoms with van der Waals surface area (Å²) in [6.07, 6.45) is 3.23. The molecule has 100 valence electrons. The lowest BCUT2D eigenvalue weighted by Crippen LogP contribution is -2.35. The number of rotatable bonds is 4. The lowest BCUT2D eigenvalue weighted by atomic mass is 10.2. The Balaban J connectivity index is 2.02. The van der Waals surface area contributed by atoms with Crippen LogP contribution in [0.25, 0.3) is 0 Å². The van der Waals surface area contributed by atoms with E-state index in [1.807, 2.05) is 6.92 Å². The minimum Gasteiger partial charge on any atom is -0.366 e. The first-order chi connectivity index (χ1) is 8.59. The van der Waals surface area contributed by atoms with Crippen LogP contribution in [0.4, 0.5) is 11.8 Å². The third kappa shape index (κ3) is 3.56. The zero-order valence-corrected chi connectivity index (χ0v) is 11.2. The van der Waals surface area contributed by atoms with Crippen LogP contribution in [0, 0.1) is 0 Å². The molecule has 1 atom stereocenters. The molecule has 0 radical (unpaired) electrons. The summed E-state index contributed by atoms with van der Waals surface area (Å²) in [7, 11) is -2.89. The van der Waals surface area contributed by atoms with E-state index in [1.165, 1.54) is 0 Å². The summed E-state index contributed by atoms with van der Waals surface area (Å²) in [6.45, 7) is 2.72. The van der Waals surface area contributed by atoms with Gasteiger partial charge in [0.15, 0.2) is 9.84 Å². The molecule has 0 aliphatic carbocycles. The normalized spacial score (nSPS) is 22.4. The summed E-state index contributed by atoms with van der Waals surface area (Å²) in [6, 6.07) is 1.70. The van der Waals surface area contributed by atoms with Crippen molar-refractivity contribution in [3.8, 4) is 0 Å². The van der Waals surface area contributed by atoms with Crippen LogP contribution in [0.2, 0.25) is 0 Å². The van der Waals surface area contributed by atoms with Gasteiger partial charge >= 0.3 is 0 Å². The molecule has 1 aromatic rings. The van der Waals surface area contributed by atoms with Crippen molar-refractivity contribution in [3.05, 3.63) is 12.3 Å². The van der Waals surface area contributed by atoms with Crippen molar-refractivity contribution in [1.82, 2.24) is 9.97 Å². The molecule has 2 rings (SSSR count). The monoisotopic (exact) mass is 270 g/mol. The van der Waals surface area contributed by atoms with Crippen molar-refractivity contribution >= 4 is 21.6 Å². The lowest BCUT2D eigenvalue weighted by Gasteiger charge is -2.23. The Bertz CT molecular complexity index is 504. The third-order valence-corrected chi connectivity index (χ3v) is 4.63. The predicted molar refractivity (Wildman–Crippen MR) is 71.5 cm³/mol. The average molecular weight is 270 g/mol. The first-order valence-corrected chi connectivity index (χ1v) is 7.95. The van der Waals surface area contributed by atoms with Gasteiger partial charge in [-0.1, -0.05) is 0 Å². The molecule has 0 amide bonds. The third-order valence-electron chi connectivity index (χ3n) is 2.81. The maximum absolute atomic E-state index is 11.5. The fraction of sp³-hybridized carbons (Fsp3) is 0.636. The summed E-state index contributed by atoms with van der Waals surface area (Å²) >= 11 is 0. The van der Waals surface area contributed by atoms with Gasteiger partial charge in [-0.25, -0.2) is 13.4 Å². The topological polar surface area (TPSA) is 84.0 Å². The smallest absolute Gasteiger partial charge is 0.224 e. The Kier molecular flexibility index (Phi) is 4.00. The molecule has 1 aliphatic rings. The highest BCUT2D eigenvalue weighted by Gasteiger charge is 2.24. The number of nitrogens with one attached hydrogen (secondary N) is 2. The van der Waals surface area contributed by atoms with Gasteiger partial charge < -0.3 is 10.6 Å². The zero-order chi connectivity index (χ0) is 13.0. The maximum atomic E-state index is 11.5. The first-order valence-electron chi connectivity index (χ1n) is 6.13. The fourth-order valence-electron chi connectivity index (χ4n) is 2.03. The molecule has 1 aromatic heterocycles. The summed E-state index contributed by atoms with van der Waals surface area (Å²) in [5.41, 5.74) is 0. The SMILES string of the molecule is CCNc1nccc(NC2CCCS(=O)(=O)C2)n1. The van der Waals surface area contributed by atoms with Crippen molar-refractivity contribution in [3.63, 3.8) is 0 Å². The Morgan fingerprint density at radius 3 is 3.06 bits per heavy atom. The van der Waals surface area contributed by atoms with Crippen LogP contribution in [0.5, 0.6) is 0 Å². The summed E-state index contributed by atoms with van der Waals surface area (Å²) in [4.78, 5) is 8.35. The molecule has 1 saturated heterocycles. The number of sulfone groups is 1. The fourth-order valence-corrected chi connectivity index (χ4v) is 3.66. The van der Waals surface area contributed by atoms with Crippen LogP contribution in [0.3, 0.4) is 0 Å². The van der Waals surface area contributed by atoms with Gasteiger partial charge in [0.25, 0.3) is 0 Å². The van der Waals surface area contributed by atoms with Gasteiger partial charge in [-0.15, -0.1) is 0 Å². The summed E-state index contributed by atoms with van der Waals surface area (Å²) in [5, 5.41) is 6.19. The second-order valence-corrected chi connectivity index (χ2v) is 6.62. The standard InChI is InChI=1S/C11H18N4O2S/c1-2-12-11-13-6-5-10(15-11)14-9-4-3-7-18(16,17)8-9/h5-6,9H,2-4,7-8H2,1H3,(H2,12,13,14,15). The molecule has 1 unspecified atom stereocenters. The molecule has 6 nitrogen and oxygen atoms in total. The predicted octanol–water partition coefficient (Wildman–Crippen LogP) is 0.897. The highest BCUT2D eigenvalue weighted by Crippen LogP contribution is 2.16. The summed E-state index contributed by atoms with van der Waals surface area (Å²) < 4.78 is 23.1. The number of anilines is 2. The van der Waals surface area contributed by atoms with Gasteiger partial charge in [0, 0.05) is 18.8 Å². The van der Waals surface area contributed by atoms with Crippen molar-refractivity contribution in [2.45, 2.75) is 25.8 Å². The van der Waals surface area contributed by atoms with Crippen LogP contribution >= 0.6 is 0 Å². The highest BCUT2D eigenvalue weighted by molar-refractivity contribution is 7.91. The van der Waals surface area contributed by atoms with E-state index in [2.05, 4.69) is 20.6 Å². The first kappa shape index (κ1) is 13.1. The van der Waals surface area contributed by atoms with Gasteiger partial charge in [-0.2, -0.15) is 4.98 Å². The van der Waals surface area contributed by atoms with E-state index in [1.54, 1.807) is 12.3 Å². The van der Waals surface area contributed by atoms with Crippen LogP contribution in [-0.2, 0) is 9.84 Å². The van der Waals surface area contributed by atoms with Crippen LogP contribution in [0.1, 0.15) is 19.8 Å². The second-order valence-electron chi connectivity index (χ2n) is 4.39. The quantitative estimate of drug-likeness (QED) is 0.845. The van der Waals surface area contributed by atoms with Crippen molar-refractivity contribution < 1.29 is 8.42 Å². The Morgan fingerprint density at radius 1 is 1.50 bits per heavy atom. The van der Waals surface area contributed by atoms with Crippen molar-refractivity contribution in [2.75, 3.05) is 28.7 Å². The number of hydrogen-bond donors (Lipinski definition) is 2. The lowest BCUT2D eigenvalue weighted by molar-refractivity contribution is 0.561. The Morgan fingerprint density at radius 2 is 2.33 bits per heavy atom. The molecular weight excluding hydrogens is 252 g/mol. The zero-order valence-electron chi connectivity index (χ0n) is 10.4. The molecule has 0 saturated carbocycles. The van der Waals surface area contributed by atoms with E-state index in [4.69, 9.17) is 0 Å². The van der Waals surface area contributed by atoms with Gasteiger partial charge in [0.2, 0.25) is 5.95 Å². The molecular formula is C11H18N4O2S. The minimum atomic E-state index is -2.89. The highest BCUT2D eigenvalue weighted by atomic mass is 32.2. The van der Waals surface area contributed by atoms with Crippen molar-refractivity contribution in [1.29, 1.82) is 0 Å². The number of nitrogens with zero attached hydrogens (tertiary/aromatic N) is 2. The van der Waals surface area contributed by atoms with Gasteiger partial charge in [-0.3, -0.25) is 0 Å².